The molecule has 0 aliphatic heterocycles. The summed E-state index contributed by atoms with van der Waals surface area (Å²) in [6, 6.07) is 15.0. The van der Waals surface area contributed by atoms with E-state index in [2.05, 4.69) is 22.8 Å². The number of hydrogen-bond donors (Lipinski definition) is 5. The van der Waals surface area contributed by atoms with Gasteiger partial charge in [-0.2, -0.15) is 0 Å². The summed E-state index contributed by atoms with van der Waals surface area (Å²) in [5.41, 5.74) is 9.65. The van der Waals surface area contributed by atoms with Crippen molar-refractivity contribution in [1.29, 1.82) is 5.41 Å². The Kier molecular flexibility index (Phi) is 6.90. The number of carboxylic acids is 1. The van der Waals surface area contributed by atoms with Crippen LogP contribution in [0.4, 0.5) is 4.79 Å². The maximum absolute atomic E-state index is 12.3. The van der Waals surface area contributed by atoms with Gasteiger partial charge in [-0.05, 0) is 41.5 Å². The Morgan fingerprint density at radius 3 is 2.23 bits per heavy atom. The molecule has 2 aromatic carbocycles. The van der Waals surface area contributed by atoms with E-state index in [0.717, 1.165) is 22.3 Å². The van der Waals surface area contributed by atoms with Gasteiger partial charge in [-0.25, -0.2) is 9.59 Å². The first kappa shape index (κ1) is 21.2. The van der Waals surface area contributed by atoms with Gasteiger partial charge in [0.15, 0.2) is 5.96 Å². The van der Waals surface area contributed by atoms with Gasteiger partial charge < -0.3 is 26.2 Å². The maximum atomic E-state index is 12.3. The molecule has 0 saturated heterocycles. The number of fused-ring (bicyclic) bond motifs is 3. The highest BCUT2D eigenvalue weighted by Crippen LogP contribution is 2.44. The molecule has 1 amide bonds. The number of nitrogens with two attached hydrogens (primary N) is 1. The maximum Gasteiger partial charge on any atom is 0.407 e. The molecule has 1 aliphatic rings. The van der Waals surface area contributed by atoms with E-state index in [1.54, 1.807) is 0 Å². The van der Waals surface area contributed by atoms with E-state index in [9.17, 15) is 14.7 Å². The highest BCUT2D eigenvalue weighted by molar-refractivity contribution is 5.81. The summed E-state index contributed by atoms with van der Waals surface area (Å²) in [5, 5.41) is 21.5. The van der Waals surface area contributed by atoms with Crippen molar-refractivity contribution in [3.05, 3.63) is 59.7 Å². The molecule has 0 aromatic heterocycles. The molecule has 3 rings (SSSR count). The number of ether oxygens (including phenoxy) is 1. The van der Waals surface area contributed by atoms with E-state index in [1.165, 1.54) is 0 Å². The zero-order valence-electron chi connectivity index (χ0n) is 16.6. The van der Waals surface area contributed by atoms with Crippen LogP contribution >= 0.6 is 0 Å². The van der Waals surface area contributed by atoms with Gasteiger partial charge in [0.1, 0.15) is 12.6 Å². The van der Waals surface area contributed by atoms with Crippen LogP contribution in [0.1, 0.15) is 36.3 Å². The van der Waals surface area contributed by atoms with Crippen molar-refractivity contribution in [2.75, 3.05) is 13.2 Å². The monoisotopic (exact) mass is 410 g/mol. The van der Waals surface area contributed by atoms with E-state index in [0.29, 0.717) is 19.4 Å². The number of carbonyl (C=O) groups excluding carboxylic acids is 1. The molecular weight excluding hydrogens is 384 g/mol. The average Bonchev–Trinajstić information content (AvgIpc) is 3.04. The second kappa shape index (κ2) is 9.78. The highest BCUT2D eigenvalue weighted by Gasteiger charge is 2.29. The van der Waals surface area contributed by atoms with Crippen molar-refractivity contribution in [2.45, 2.75) is 31.2 Å². The minimum atomic E-state index is -1.11. The first-order chi connectivity index (χ1) is 14.5. The second-order valence-corrected chi connectivity index (χ2v) is 7.20. The van der Waals surface area contributed by atoms with Crippen molar-refractivity contribution in [3.63, 3.8) is 0 Å². The molecule has 1 unspecified atom stereocenters. The number of alkyl carbamates (subject to hydrolysis) is 1. The number of guanidine groups is 1. The number of carboxylic acid groups (broad SMARTS) is 1. The lowest BCUT2D eigenvalue weighted by atomic mass is 9.98. The van der Waals surface area contributed by atoms with Crippen LogP contribution in [0.25, 0.3) is 11.1 Å². The molecule has 1 atom stereocenters. The van der Waals surface area contributed by atoms with Gasteiger partial charge in [-0.15, -0.1) is 0 Å². The minimum absolute atomic E-state index is 0.0796. The van der Waals surface area contributed by atoms with E-state index in [1.807, 2.05) is 36.4 Å². The normalized spacial score (nSPS) is 13.1. The van der Waals surface area contributed by atoms with Gasteiger partial charge in [0, 0.05) is 12.5 Å². The lowest BCUT2D eigenvalue weighted by Crippen LogP contribution is -2.41. The number of unbranched alkanes of at least 4 members (excludes halogenated alkanes) is 1. The Hall–Kier alpha value is -3.55. The van der Waals surface area contributed by atoms with Crippen molar-refractivity contribution < 1.29 is 19.4 Å². The van der Waals surface area contributed by atoms with Gasteiger partial charge in [0.2, 0.25) is 0 Å². The summed E-state index contributed by atoms with van der Waals surface area (Å²) >= 11 is 0. The molecule has 0 heterocycles. The van der Waals surface area contributed by atoms with Crippen LogP contribution in [-0.2, 0) is 9.53 Å². The molecular formula is C22H26N4O4. The Bertz CT molecular complexity index is 885. The average molecular weight is 410 g/mol. The predicted molar refractivity (Wildman–Crippen MR) is 113 cm³/mol. The molecule has 158 valence electrons. The van der Waals surface area contributed by atoms with E-state index in [-0.39, 0.29) is 24.9 Å². The Morgan fingerprint density at radius 2 is 1.67 bits per heavy atom. The zero-order chi connectivity index (χ0) is 21.5. The summed E-state index contributed by atoms with van der Waals surface area (Å²) < 4.78 is 5.41. The van der Waals surface area contributed by atoms with Crippen molar-refractivity contribution in [3.8, 4) is 11.1 Å². The number of rotatable bonds is 9. The molecule has 0 spiro atoms. The molecule has 1 aliphatic carbocycles. The topological polar surface area (TPSA) is 138 Å². The SMILES string of the molecule is N=C(N)NCCCCC(NC(=O)OCC1c2ccccc2-c2ccccc21)C(=O)O. The van der Waals surface area contributed by atoms with E-state index < -0.39 is 18.1 Å². The summed E-state index contributed by atoms with van der Waals surface area (Å²) in [6.07, 6.45) is 0.710. The number of amides is 1. The zero-order valence-corrected chi connectivity index (χ0v) is 16.6. The summed E-state index contributed by atoms with van der Waals surface area (Å²) in [4.78, 5) is 23.7. The molecule has 2 aromatic rings. The van der Waals surface area contributed by atoms with Gasteiger partial charge in [0.25, 0.3) is 0 Å². The molecule has 6 N–H and O–H groups in total. The largest absolute Gasteiger partial charge is 0.480 e. The van der Waals surface area contributed by atoms with Crippen LogP contribution in [0.3, 0.4) is 0 Å². The molecule has 0 radical (unpaired) electrons. The molecule has 30 heavy (non-hydrogen) atoms. The molecule has 0 bridgehead atoms. The van der Waals surface area contributed by atoms with Crippen LogP contribution in [0.2, 0.25) is 0 Å². The van der Waals surface area contributed by atoms with E-state index in [4.69, 9.17) is 15.9 Å². The van der Waals surface area contributed by atoms with Gasteiger partial charge in [0.05, 0.1) is 0 Å². The second-order valence-electron chi connectivity index (χ2n) is 7.20. The molecule has 8 nitrogen and oxygen atoms in total. The van der Waals surface area contributed by atoms with Crippen LogP contribution in [0.5, 0.6) is 0 Å². The number of benzene rings is 2. The van der Waals surface area contributed by atoms with Crippen LogP contribution in [0, 0.1) is 5.41 Å². The van der Waals surface area contributed by atoms with E-state index >= 15 is 0 Å². The summed E-state index contributed by atoms with van der Waals surface area (Å²) in [6.45, 7) is 0.612. The van der Waals surface area contributed by atoms with Gasteiger partial charge in [-0.3, -0.25) is 5.41 Å². The third kappa shape index (κ3) is 5.08. The number of nitrogens with one attached hydrogen (secondary N) is 3. The van der Waals surface area contributed by atoms with Crippen LogP contribution in [-0.4, -0.2) is 42.3 Å². The van der Waals surface area contributed by atoms with Crippen LogP contribution in [0.15, 0.2) is 48.5 Å². The predicted octanol–water partition coefficient (Wildman–Crippen LogP) is 2.63. The Morgan fingerprint density at radius 1 is 1.07 bits per heavy atom. The van der Waals surface area contributed by atoms with Crippen molar-refractivity contribution in [1.82, 2.24) is 10.6 Å². The van der Waals surface area contributed by atoms with Gasteiger partial charge >= 0.3 is 12.1 Å². The summed E-state index contributed by atoms with van der Waals surface area (Å²) in [7, 11) is 0. The van der Waals surface area contributed by atoms with Crippen LogP contribution < -0.4 is 16.4 Å². The highest BCUT2D eigenvalue weighted by atomic mass is 16.5. The smallest absolute Gasteiger partial charge is 0.407 e. The fourth-order valence-electron chi connectivity index (χ4n) is 3.74. The quantitative estimate of drug-likeness (QED) is 0.245. The lowest BCUT2D eigenvalue weighted by Gasteiger charge is -2.17. The number of hydrogen-bond acceptors (Lipinski definition) is 4. The molecule has 0 saturated carbocycles. The standard InChI is InChI=1S/C22H26N4O4/c23-21(24)25-12-6-5-11-19(20(27)28)26-22(29)30-13-18-16-9-3-1-7-14(16)15-8-2-4-10-17(15)18/h1-4,7-10,18-19H,5-6,11-13H2,(H,26,29)(H,27,28)(H4,23,24,25). The third-order valence-corrected chi connectivity index (χ3v) is 5.17. The first-order valence-corrected chi connectivity index (χ1v) is 9.89. The Balaban J connectivity index is 1.54. The minimum Gasteiger partial charge on any atom is -0.480 e. The number of aliphatic carboxylic acids is 1. The fourth-order valence-corrected chi connectivity index (χ4v) is 3.74. The molecule has 0 fully saturated rings. The fraction of sp³-hybridized carbons (Fsp3) is 0.318. The lowest BCUT2D eigenvalue weighted by molar-refractivity contribution is -0.139. The van der Waals surface area contributed by atoms with Crippen molar-refractivity contribution >= 4 is 18.0 Å². The first-order valence-electron chi connectivity index (χ1n) is 9.89. The summed E-state index contributed by atoms with van der Waals surface area (Å²) in [5.74, 6) is -1.31. The molecule has 8 heteroatoms. The number of carbonyl (C=O) groups is 2. The van der Waals surface area contributed by atoms with Gasteiger partial charge in [-0.1, -0.05) is 48.5 Å². The third-order valence-electron chi connectivity index (χ3n) is 5.17. The Labute approximate surface area is 174 Å². The van der Waals surface area contributed by atoms with Crippen molar-refractivity contribution in [2.24, 2.45) is 5.73 Å².